The molecule has 0 saturated carbocycles. The van der Waals surface area contributed by atoms with Gasteiger partial charge >= 0.3 is 0 Å². The van der Waals surface area contributed by atoms with Gasteiger partial charge in [-0.3, -0.25) is 14.7 Å². The highest BCUT2D eigenvalue weighted by Gasteiger charge is 2.24. The summed E-state index contributed by atoms with van der Waals surface area (Å²) in [6.07, 6.45) is 3.50. The SMILES string of the molecule is COc1ccc(C)c2sc(N(Cc3cccnc3)C(=O)c3ccccc3C)nc12. The van der Waals surface area contributed by atoms with E-state index in [1.54, 1.807) is 24.4 Å². The molecular weight excluding hydrogens is 382 g/mol. The lowest BCUT2D eigenvalue weighted by molar-refractivity contribution is 0.0984. The van der Waals surface area contributed by atoms with Crippen LogP contribution < -0.4 is 9.64 Å². The van der Waals surface area contributed by atoms with Crippen LogP contribution >= 0.6 is 11.3 Å². The normalized spacial score (nSPS) is 10.9. The Bertz CT molecular complexity index is 1170. The first-order valence-electron chi connectivity index (χ1n) is 9.29. The molecule has 0 aliphatic heterocycles. The summed E-state index contributed by atoms with van der Waals surface area (Å²) < 4.78 is 6.51. The molecule has 0 atom stereocenters. The minimum atomic E-state index is -0.0809. The molecule has 0 aliphatic carbocycles. The number of hydrogen-bond donors (Lipinski definition) is 0. The summed E-state index contributed by atoms with van der Waals surface area (Å²) in [5.74, 6) is 0.625. The maximum Gasteiger partial charge on any atom is 0.260 e. The number of carbonyl (C=O) groups is 1. The molecule has 6 heteroatoms. The molecular formula is C23H21N3O2S. The number of hydrogen-bond acceptors (Lipinski definition) is 5. The number of amides is 1. The van der Waals surface area contributed by atoms with Crippen LogP contribution in [-0.2, 0) is 6.54 Å². The molecule has 0 unspecified atom stereocenters. The van der Waals surface area contributed by atoms with Gasteiger partial charge in [0.25, 0.3) is 5.91 Å². The van der Waals surface area contributed by atoms with Crippen LogP contribution in [0, 0.1) is 13.8 Å². The number of pyridine rings is 1. The van der Waals surface area contributed by atoms with Crippen LogP contribution in [0.3, 0.4) is 0 Å². The molecule has 0 bridgehead atoms. The zero-order valence-electron chi connectivity index (χ0n) is 16.5. The molecule has 2 aromatic carbocycles. The van der Waals surface area contributed by atoms with Crippen molar-refractivity contribution in [2.45, 2.75) is 20.4 Å². The van der Waals surface area contributed by atoms with Gasteiger partial charge in [0.05, 0.1) is 18.4 Å². The Kier molecular flexibility index (Phi) is 5.27. The van der Waals surface area contributed by atoms with Gasteiger partial charge in [0.15, 0.2) is 5.13 Å². The molecule has 0 spiro atoms. The summed E-state index contributed by atoms with van der Waals surface area (Å²) in [6.45, 7) is 4.38. The second-order valence-corrected chi connectivity index (χ2v) is 7.80. The van der Waals surface area contributed by atoms with E-state index in [2.05, 4.69) is 4.98 Å². The molecule has 5 nitrogen and oxygen atoms in total. The second-order valence-electron chi connectivity index (χ2n) is 6.83. The predicted octanol–water partition coefficient (Wildman–Crippen LogP) is 5.16. The lowest BCUT2D eigenvalue weighted by atomic mass is 10.1. The summed E-state index contributed by atoms with van der Waals surface area (Å²) in [5.41, 5.74) is 4.43. The molecule has 29 heavy (non-hydrogen) atoms. The van der Waals surface area contributed by atoms with Gasteiger partial charge in [-0.2, -0.15) is 0 Å². The van der Waals surface area contributed by atoms with Crippen LogP contribution in [-0.4, -0.2) is 23.0 Å². The van der Waals surface area contributed by atoms with Gasteiger partial charge in [-0.15, -0.1) is 0 Å². The monoisotopic (exact) mass is 403 g/mol. The number of rotatable bonds is 5. The van der Waals surface area contributed by atoms with Crippen LogP contribution in [0.4, 0.5) is 5.13 Å². The van der Waals surface area contributed by atoms with E-state index in [4.69, 9.17) is 9.72 Å². The number of methoxy groups -OCH3 is 1. The molecule has 2 aromatic heterocycles. The van der Waals surface area contributed by atoms with Crippen LogP contribution in [0.5, 0.6) is 5.75 Å². The van der Waals surface area contributed by atoms with E-state index in [-0.39, 0.29) is 5.91 Å². The van der Waals surface area contributed by atoms with E-state index in [1.165, 1.54) is 11.3 Å². The number of aromatic nitrogens is 2. The second kappa shape index (κ2) is 8.01. The molecule has 4 aromatic rings. The maximum absolute atomic E-state index is 13.5. The highest BCUT2D eigenvalue weighted by atomic mass is 32.1. The van der Waals surface area contributed by atoms with Crippen molar-refractivity contribution in [2.24, 2.45) is 0 Å². The van der Waals surface area contributed by atoms with E-state index in [1.807, 2.05) is 62.4 Å². The van der Waals surface area contributed by atoms with E-state index in [0.717, 1.165) is 26.9 Å². The van der Waals surface area contributed by atoms with Crippen LogP contribution in [0.15, 0.2) is 60.9 Å². The van der Waals surface area contributed by atoms with Crippen molar-refractivity contribution < 1.29 is 9.53 Å². The Balaban J connectivity index is 1.84. The lowest BCUT2D eigenvalue weighted by Crippen LogP contribution is -2.30. The predicted molar refractivity (Wildman–Crippen MR) is 117 cm³/mol. The zero-order chi connectivity index (χ0) is 20.4. The molecule has 0 N–H and O–H groups in total. The summed E-state index contributed by atoms with van der Waals surface area (Å²) >= 11 is 1.50. The number of fused-ring (bicyclic) bond motifs is 1. The number of thiazole rings is 1. The highest BCUT2D eigenvalue weighted by molar-refractivity contribution is 7.22. The molecule has 0 aliphatic rings. The van der Waals surface area contributed by atoms with Crippen molar-refractivity contribution in [3.05, 3.63) is 83.2 Å². The lowest BCUT2D eigenvalue weighted by Gasteiger charge is -2.21. The quantitative estimate of drug-likeness (QED) is 0.462. The van der Waals surface area contributed by atoms with Gasteiger partial charge in [-0.25, -0.2) is 4.98 Å². The number of carbonyl (C=O) groups excluding carboxylic acids is 1. The largest absolute Gasteiger partial charge is 0.494 e. The fraction of sp³-hybridized carbons (Fsp3) is 0.174. The molecule has 0 saturated heterocycles. The van der Waals surface area contributed by atoms with Gasteiger partial charge in [-0.05, 0) is 48.7 Å². The first-order chi connectivity index (χ1) is 14.1. The van der Waals surface area contributed by atoms with Gasteiger partial charge in [0.2, 0.25) is 0 Å². The average Bonchev–Trinajstić information content (AvgIpc) is 3.19. The number of nitrogens with zero attached hydrogens (tertiary/aromatic N) is 3. The number of aryl methyl sites for hydroxylation is 2. The van der Waals surface area contributed by atoms with Crippen LogP contribution in [0.25, 0.3) is 10.2 Å². The van der Waals surface area contributed by atoms with Gasteiger partial charge in [-0.1, -0.05) is 41.7 Å². The standard InChI is InChI=1S/C23H21N3O2S/c1-15-7-4-5-9-18(15)22(27)26(14-17-8-6-12-24-13-17)23-25-20-19(28-3)11-10-16(2)21(20)29-23/h4-13H,14H2,1-3H3. The van der Waals surface area contributed by atoms with E-state index >= 15 is 0 Å². The third-order valence-electron chi connectivity index (χ3n) is 4.83. The van der Waals surface area contributed by atoms with Crippen molar-refractivity contribution in [2.75, 3.05) is 12.0 Å². The Morgan fingerprint density at radius 1 is 1.07 bits per heavy atom. The highest BCUT2D eigenvalue weighted by Crippen LogP contribution is 2.37. The van der Waals surface area contributed by atoms with Crippen molar-refractivity contribution >= 4 is 32.6 Å². The van der Waals surface area contributed by atoms with Crippen molar-refractivity contribution in [1.29, 1.82) is 0 Å². The first-order valence-corrected chi connectivity index (χ1v) is 10.1. The van der Waals surface area contributed by atoms with Crippen molar-refractivity contribution in [3.8, 4) is 5.75 Å². The van der Waals surface area contributed by atoms with Gasteiger partial charge in [0, 0.05) is 18.0 Å². The number of benzene rings is 2. The zero-order valence-corrected chi connectivity index (χ0v) is 17.4. The van der Waals surface area contributed by atoms with Crippen LogP contribution in [0.1, 0.15) is 27.0 Å². The van der Waals surface area contributed by atoms with Crippen molar-refractivity contribution in [3.63, 3.8) is 0 Å². The third kappa shape index (κ3) is 3.71. The van der Waals surface area contributed by atoms with Crippen LogP contribution in [0.2, 0.25) is 0 Å². The molecule has 2 heterocycles. The molecule has 0 radical (unpaired) electrons. The van der Waals surface area contributed by atoms with E-state index in [9.17, 15) is 4.79 Å². The molecule has 146 valence electrons. The topological polar surface area (TPSA) is 55.3 Å². The third-order valence-corrected chi connectivity index (χ3v) is 6.04. The summed E-state index contributed by atoms with van der Waals surface area (Å²) in [4.78, 5) is 24.2. The minimum absolute atomic E-state index is 0.0809. The smallest absolute Gasteiger partial charge is 0.260 e. The first kappa shape index (κ1) is 19.1. The molecule has 1 amide bonds. The Morgan fingerprint density at radius 2 is 1.90 bits per heavy atom. The fourth-order valence-electron chi connectivity index (χ4n) is 3.24. The summed E-state index contributed by atoms with van der Waals surface area (Å²) in [5, 5.41) is 0.643. The van der Waals surface area contributed by atoms with Gasteiger partial charge < -0.3 is 4.74 Å². The Labute approximate surface area is 173 Å². The number of anilines is 1. The number of ether oxygens (including phenoxy) is 1. The summed E-state index contributed by atoms with van der Waals surface area (Å²) in [6, 6.07) is 15.4. The van der Waals surface area contributed by atoms with Gasteiger partial charge in [0.1, 0.15) is 11.3 Å². The Hall–Kier alpha value is -3.25. The maximum atomic E-state index is 13.5. The Morgan fingerprint density at radius 3 is 2.62 bits per heavy atom. The fourth-order valence-corrected chi connectivity index (χ4v) is 4.29. The van der Waals surface area contributed by atoms with E-state index < -0.39 is 0 Å². The van der Waals surface area contributed by atoms with E-state index in [0.29, 0.717) is 23.0 Å². The molecule has 4 rings (SSSR count). The molecule has 0 fully saturated rings. The van der Waals surface area contributed by atoms with Crippen molar-refractivity contribution in [1.82, 2.24) is 9.97 Å². The minimum Gasteiger partial charge on any atom is -0.494 e. The average molecular weight is 404 g/mol. The summed E-state index contributed by atoms with van der Waals surface area (Å²) in [7, 11) is 1.63.